The number of likely N-dealkylation sites (tertiary alicyclic amines) is 1. The second-order valence-corrected chi connectivity index (χ2v) is 12.2. The van der Waals surface area contributed by atoms with Crippen LogP contribution in [0.4, 0.5) is 10.6 Å². The van der Waals surface area contributed by atoms with Crippen LogP contribution in [0.5, 0.6) is 11.6 Å². The zero-order valence-corrected chi connectivity index (χ0v) is 25.9. The van der Waals surface area contributed by atoms with Crippen molar-refractivity contribution in [2.45, 2.75) is 32.4 Å². The molecule has 2 aliphatic rings. The normalized spacial score (nSPS) is 19.1. The Balaban J connectivity index is 1.30. The zero-order chi connectivity index (χ0) is 31.2. The van der Waals surface area contributed by atoms with Crippen LogP contribution in [0.15, 0.2) is 48.7 Å². The molecule has 2 atom stereocenters. The Kier molecular flexibility index (Phi) is 10.4. The number of carbonyl (C=O) groups is 2. The Morgan fingerprint density at radius 3 is 2.50 bits per heavy atom. The van der Waals surface area contributed by atoms with E-state index >= 15 is 0 Å². The lowest BCUT2D eigenvalue weighted by Gasteiger charge is -2.32. The molecule has 234 valence electrons. The number of piperidine rings is 1. The maximum absolute atomic E-state index is 11.3. The fourth-order valence-corrected chi connectivity index (χ4v) is 6.11. The first-order chi connectivity index (χ1) is 21.1. The molecule has 13 heteroatoms. The van der Waals surface area contributed by atoms with Crippen molar-refractivity contribution in [2.24, 2.45) is 17.6 Å². The molecule has 0 spiro atoms. The number of nitrogens with one attached hydrogen (secondary N) is 1. The van der Waals surface area contributed by atoms with Gasteiger partial charge in [0.25, 0.3) is 0 Å². The van der Waals surface area contributed by atoms with Crippen molar-refractivity contribution in [2.75, 3.05) is 44.2 Å². The molecule has 2 fully saturated rings. The molecule has 0 radical (unpaired) electrons. The van der Waals surface area contributed by atoms with E-state index in [9.17, 15) is 14.7 Å². The number of amides is 2. The summed E-state index contributed by atoms with van der Waals surface area (Å²) in [6.45, 7) is 5.70. The first-order valence-electron chi connectivity index (χ1n) is 14.5. The minimum atomic E-state index is -0.863. The highest BCUT2D eigenvalue weighted by atomic mass is 35.5. The van der Waals surface area contributed by atoms with Gasteiger partial charge in [0, 0.05) is 60.7 Å². The number of rotatable bonds is 10. The molecule has 2 aliphatic heterocycles. The third-order valence-electron chi connectivity index (χ3n) is 7.89. The molecule has 4 N–H and O–H groups in total. The van der Waals surface area contributed by atoms with Crippen LogP contribution >= 0.6 is 23.2 Å². The summed E-state index contributed by atoms with van der Waals surface area (Å²) in [4.78, 5) is 35.9. The number of β-amino-alcohol motifs (C(OH)–C–C–N with tert-alkyl or cyclic N) is 1. The second-order valence-electron chi connectivity index (χ2n) is 11.3. The van der Waals surface area contributed by atoms with E-state index in [2.05, 4.69) is 15.2 Å². The molecule has 2 aromatic heterocycles. The maximum Gasteiger partial charge on any atom is 0.404 e. The van der Waals surface area contributed by atoms with Crippen LogP contribution in [0.25, 0.3) is 11.3 Å². The molecule has 3 aromatic rings. The van der Waals surface area contributed by atoms with Crippen molar-refractivity contribution in [3.8, 4) is 22.9 Å². The zero-order valence-electron chi connectivity index (χ0n) is 24.4. The van der Waals surface area contributed by atoms with Gasteiger partial charge in [-0.3, -0.25) is 9.69 Å². The highest BCUT2D eigenvalue weighted by Crippen LogP contribution is 2.31. The van der Waals surface area contributed by atoms with Crippen molar-refractivity contribution in [3.05, 3.63) is 64.3 Å². The summed E-state index contributed by atoms with van der Waals surface area (Å²) in [6, 6.07) is 12.9. The molecule has 0 unspecified atom stereocenters. The number of pyridine rings is 2. The van der Waals surface area contributed by atoms with Crippen molar-refractivity contribution in [1.82, 2.24) is 20.2 Å². The topological polar surface area (TPSA) is 143 Å². The van der Waals surface area contributed by atoms with Gasteiger partial charge in [-0.05, 0) is 73.8 Å². The Morgan fingerprint density at radius 1 is 1.09 bits per heavy atom. The smallest absolute Gasteiger partial charge is 0.404 e. The molecule has 5 rings (SSSR count). The van der Waals surface area contributed by atoms with Crippen molar-refractivity contribution in [1.29, 1.82) is 0 Å². The Bertz CT molecular complexity index is 1450. The van der Waals surface area contributed by atoms with E-state index in [-0.39, 0.29) is 18.4 Å². The monoisotopic (exact) mass is 642 g/mol. The number of carbonyl (C=O) groups excluding carboxylic acids is 2. The van der Waals surface area contributed by atoms with Crippen LogP contribution in [-0.2, 0) is 16.1 Å². The average Bonchev–Trinajstić information content (AvgIpc) is 3.35. The number of aromatic nitrogens is 2. The molecular weight excluding hydrogens is 607 g/mol. The van der Waals surface area contributed by atoms with E-state index < -0.39 is 12.2 Å². The highest BCUT2D eigenvalue weighted by molar-refractivity contribution is 6.35. The van der Waals surface area contributed by atoms with Gasteiger partial charge in [-0.2, -0.15) is 0 Å². The lowest BCUT2D eigenvalue weighted by Crippen LogP contribution is -2.37. The van der Waals surface area contributed by atoms with Crippen molar-refractivity contribution < 1.29 is 24.2 Å². The Morgan fingerprint density at radius 2 is 1.84 bits per heavy atom. The Hall–Kier alpha value is -3.64. The summed E-state index contributed by atoms with van der Waals surface area (Å²) in [6.07, 6.45) is 2.10. The second kappa shape index (κ2) is 14.4. The number of ether oxygens (including phenoxy) is 2. The number of anilines is 1. The van der Waals surface area contributed by atoms with Gasteiger partial charge in [0.15, 0.2) is 0 Å². The minimum absolute atomic E-state index is 0.00545. The molecule has 0 aliphatic carbocycles. The Labute approximate surface area is 266 Å². The molecule has 44 heavy (non-hydrogen) atoms. The summed E-state index contributed by atoms with van der Waals surface area (Å²) >= 11 is 12.6. The number of primary amides is 1. The number of hydrogen-bond donors (Lipinski definition) is 3. The van der Waals surface area contributed by atoms with Crippen LogP contribution in [0, 0.1) is 11.8 Å². The van der Waals surface area contributed by atoms with Gasteiger partial charge in [0.1, 0.15) is 18.2 Å². The fourth-order valence-electron chi connectivity index (χ4n) is 5.58. The number of benzene rings is 1. The largest absolute Gasteiger partial charge is 0.449 e. The predicted octanol–water partition coefficient (Wildman–Crippen LogP) is 4.48. The number of nitrogens with two attached hydrogens (primary N) is 1. The third-order valence-corrected chi connectivity index (χ3v) is 8.32. The number of halogens is 2. The lowest BCUT2D eigenvalue weighted by molar-refractivity contribution is -0.119. The van der Waals surface area contributed by atoms with Gasteiger partial charge >= 0.3 is 6.09 Å². The molecule has 0 saturated carbocycles. The van der Waals surface area contributed by atoms with Gasteiger partial charge in [0.2, 0.25) is 11.8 Å². The van der Waals surface area contributed by atoms with E-state index in [4.69, 9.17) is 43.4 Å². The lowest BCUT2D eigenvalue weighted by atomic mass is 9.96. The molecule has 2 amide bonds. The van der Waals surface area contributed by atoms with Crippen LogP contribution in [0.1, 0.15) is 25.3 Å². The van der Waals surface area contributed by atoms with Crippen LogP contribution in [-0.4, -0.2) is 77.4 Å². The molecule has 11 nitrogen and oxygen atoms in total. The molecular formula is C31H36Cl2N6O5. The van der Waals surface area contributed by atoms with Gasteiger partial charge in [-0.25, -0.2) is 14.8 Å². The van der Waals surface area contributed by atoms with Crippen LogP contribution in [0.2, 0.25) is 10.0 Å². The SMILES string of the molecule is CC(=O)NCC1CCN(Cc2cc(Oc3ccc(N4C[C@@H](COC(N)=O)[C@H](O)C4)nc3)nc(-c3cc(Cl)cc(Cl)c3)c2)CC1. The maximum atomic E-state index is 11.3. The van der Waals surface area contributed by atoms with Crippen LogP contribution in [0.3, 0.4) is 0 Å². The third kappa shape index (κ3) is 8.72. The first kappa shape index (κ1) is 31.8. The fraction of sp³-hybridized carbons (Fsp3) is 0.419. The van der Waals surface area contributed by atoms with E-state index in [0.29, 0.717) is 65.3 Å². The molecule has 2 saturated heterocycles. The average molecular weight is 644 g/mol. The summed E-state index contributed by atoms with van der Waals surface area (Å²) in [7, 11) is 0. The quantitative estimate of drug-likeness (QED) is 0.291. The molecule has 1 aromatic carbocycles. The first-order valence-corrected chi connectivity index (χ1v) is 15.3. The summed E-state index contributed by atoms with van der Waals surface area (Å²) in [5, 5.41) is 14.3. The van der Waals surface area contributed by atoms with E-state index in [1.807, 2.05) is 35.2 Å². The van der Waals surface area contributed by atoms with Gasteiger partial charge in [0.05, 0.1) is 18.0 Å². The van der Waals surface area contributed by atoms with Gasteiger partial charge in [-0.1, -0.05) is 23.2 Å². The van der Waals surface area contributed by atoms with E-state index in [1.54, 1.807) is 25.3 Å². The summed E-state index contributed by atoms with van der Waals surface area (Å²) in [5.74, 6) is 1.80. The minimum Gasteiger partial charge on any atom is -0.449 e. The van der Waals surface area contributed by atoms with Crippen molar-refractivity contribution >= 4 is 41.0 Å². The highest BCUT2D eigenvalue weighted by Gasteiger charge is 2.33. The van der Waals surface area contributed by atoms with E-state index in [0.717, 1.165) is 37.1 Å². The number of aliphatic hydroxyl groups is 1. The number of hydrogen-bond acceptors (Lipinski definition) is 9. The standard InChI is InChI=1S/C31H36Cl2N6O5/c1-19(40)35-13-20-4-6-38(7-5-20)15-21-8-27(22-10-24(32)12-25(33)11-22)37-30(9-21)44-26-2-3-29(36-14-26)39-16-23(28(41)17-39)18-43-31(34)42/h2-3,8-12,14,20,23,28,41H,4-7,13,15-18H2,1H3,(H2,34,42)(H,35,40)/t23-,28+/m0/s1. The predicted molar refractivity (Wildman–Crippen MR) is 168 cm³/mol. The molecule has 4 heterocycles. The van der Waals surface area contributed by atoms with Gasteiger partial charge < -0.3 is 30.5 Å². The van der Waals surface area contributed by atoms with Gasteiger partial charge in [-0.15, -0.1) is 0 Å². The summed E-state index contributed by atoms with van der Waals surface area (Å²) < 4.78 is 11.1. The number of nitrogens with zero attached hydrogens (tertiary/aromatic N) is 4. The van der Waals surface area contributed by atoms with E-state index in [1.165, 1.54) is 0 Å². The van der Waals surface area contributed by atoms with Crippen molar-refractivity contribution in [3.63, 3.8) is 0 Å². The number of aliphatic hydroxyl groups excluding tert-OH is 1. The summed E-state index contributed by atoms with van der Waals surface area (Å²) in [5.41, 5.74) is 7.55. The molecule has 0 bridgehead atoms. The van der Waals surface area contributed by atoms with Crippen LogP contribution < -0.4 is 20.7 Å².